The highest BCUT2D eigenvalue weighted by Gasteiger charge is 2.29. The molecule has 1 aliphatic carbocycles. The second-order valence-electron chi connectivity index (χ2n) is 7.38. The molecule has 140 valence electrons. The van der Waals surface area contributed by atoms with Gasteiger partial charge in [0.25, 0.3) is 0 Å². The minimum absolute atomic E-state index is 0.0687. The molecule has 1 unspecified atom stereocenters. The summed E-state index contributed by atoms with van der Waals surface area (Å²) in [5.74, 6) is 1.35. The van der Waals surface area contributed by atoms with Crippen LogP contribution in [-0.4, -0.2) is 40.3 Å². The number of likely N-dealkylation sites (tertiary alicyclic amines) is 1. The highest BCUT2D eigenvalue weighted by molar-refractivity contribution is 7.08. The van der Waals surface area contributed by atoms with Crippen LogP contribution >= 0.6 is 11.3 Å². The predicted molar refractivity (Wildman–Crippen MR) is 101 cm³/mol. The summed E-state index contributed by atoms with van der Waals surface area (Å²) < 4.78 is 5.89. The van der Waals surface area contributed by atoms with Gasteiger partial charge in [0.2, 0.25) is 11.8 Å². The molecule has 0 bridgehead atoms. The van der Waals surface area contributed by atoms with Crippen LogP contribution in [0.25, 0.3) is 11.5 Å². The maximum absolute atomic E-state index is 12.7. The zero-order valence-corrected chi connectivity index (χ0v) is 15.8. The van der Waals surface area contributed by atoms with Crippen LogP contribution in [0.4, 0.5) is 4.79 Å². The topological polar surface area (TPSA) is 71.3 Å². The van der Waals surface area contributed by atoms with Gasteiger partial charge in [-0.3, -0.25) is 0 Å². The molecule has 2 amide bonds. The fourth-order valence-corrected chi connectivity index (χ4v) is 4.58. The summed E-state index contributed by atoms with van der Waals surface area (Å²) in [6.07, 6.45) is 9.20. The monoisotopic (exact) mass is 374 g/mol. The van der Waals surface area contributed by atoms with Crippen LogP contribution in [0.3, 0.4) is 0 Å². The molecule has 26 heavy (non-hydrogen) atoms. The second kappa shape index (κ2) is 8.20. The molecule has 2 aromatic heterocycles. The molecule has 6 nitrogen and oxygen atoms in total. The first-order valence-corrected chi connectivity index (χ1v) is 10.7. The molecule has 1 saturated carbocycles. The van der Waals surface area contributed by atoms with E-state index < -0.39 is 0 Å². The Morgan fingerprint density at radius 2 is 2.00 bits per heavy atom. The lowest BCUT2D eigenvalue weighted by atomic mass is 9.98. The smallest absolute Gasteiger partial charge is 0.317 e. The van der Waals surface area contributed by atoms with Crippen LogP contribution in [0, 0.1) is 0 Å². The van der Waals surface area contributed by atoms with Crippen molar-refractivity contribution < 1.29 is 9.21 Å². The molecule has 1 saturated heterocycles. The van der Waals surface area contributed by atoms with Gasteiger partial charge in [0, 0.05) is 30.1 Å². The Labute approximate surface area is 158 Å². The third-order valence-corrected chi connectivity index (χ3v) is 6.13. The first-order chi connectivity index (χ1) is 12.8. The van der Waals surface area contributed by atoms with Crippen molar-refractivity contribution in [2.45, 2.75) is 63.3 Å². The van der Waals surface area contributed by atoms with Crippen LogP contribution < -0.4 is 5.32 Å². The summed E-state index contributed by atoms with van der Waals surface area (Å²) in [5, 5.41) is 15.7. The lowest BCUT2D eigenvalue weighted by Gasteiger charge is -2.32. The second-order valence-corrected chi connectivity index (χ2v) is 8.16. The van der Waals surface area contributed by atoms with Crippen LogP contribution in [-0.2, 0) is 0 Å². The predicted octanol–water partition coefficient (Wildman–Crippen LogP) is 4.41. The number of aromatic nitrogens is 2. The van der Waals surface area contributed by atoms with Gasteiger partial charge >= 0.3 is 6.03 Å². The summed E-state index contributed by atoms with van der Waals surface area (Å²) in [6, 6.07) is 2.38. The number of thiophene rings is 1. The number of rotatable bonds is 3. The summed E-state index contributed by atoms with van der Waals surface area (Å²) >= 11 is 1.61. The third-order valence-electron chi connectivity index (χ3n) is 5.45. The van der Waals surface area contributed by atoms with E-state index >= 15 is 0 Å². The molecular formula is C19H26N4O2S. The average molecular weight is 375 g/mol. The molecule has 2 fully saturated rings. The number of nitrogens with zero attached hydrogens (tertiary/aromatic N) is 3. The van der Waals surface area contributed by atoms with Crippen molar-refractivity contribution in [3.05, 3.63) is 22.7 Å². The Morgan fingerprint density at radius 3 is 2.77 bits per heavy atom. The molecule has 2 aliphatic rings. The molecule has 0 aromatic carbocycles. The van der Waals surface area contributed by atoms with Gasteiger partial charge in [-0.25, -0.2) is 4.79 Å². The number of urea groups is 1. The standard InChI is InChI=1S/C19H26N4O2S/c24-19(20-16-7-3-1-2-4-8-16)23-10-5-6-14(12-23)17-21-22-18(25-17)15-9-11-26-13-15/h9,11,13-14,16H,1-8,10,12H2,(H,20,24). The van der Waals surface area contributed by atoms with Crippen molar-refractivity contribution in [3.63, 3.8) is 0 Å². The minimum atomic E-state index is 0.0687. The van der Waals surface area contributed by atoms with Crippen molar-refractivity contribution in [3.8, 4) is 11.5 Å². The first-order valence-electron chi connectivity index (χ1n) is 9.71. The molecule has 0 spiro atoms. The highest BCUT2D eigenvalue weighted by Crippen LogP contribution is 2.29. The lowest BCUT2D eigenvalue weighted by molar-refractivity contribution is 0.170. The molecule has 0 radical (unpaired) electrons. The van der Waals surface area contributed by atoms with Gasteiger partial charge in [-0.05, 0) is 37.1 Å². The third kappa shape index (κ3) is 4.09. The van der Waals surface area contributed by atoms with Crippen LogP contribution in [0.1, 0.15) is 63.2 Å². The Hall–Kier alpha value is -1.89. The number of nitrogens with one attached hydrogen (secondary N) is 1. The van der Waals surface area contributed by atoms with E-state index in [-0.39, 0.29) is 11.9 Å². The summed E-state index contributed by atoms with van der Waals surface area (Å²) in [4.78, 5) is 14.6. The maximum Gasteiger partial charge on any atom is 0.317 e. The number of piperidine rings is 1. The van der Waals surface area contributed by atoms with Gasteiger partial charge in [0.1, 0.15) is 0 Å². The molecular weight excluding hydrogens is 348 g/mol. The van der Waals surface area contributed by atoms with E-state index in [4.69, 9.17) is 4.42 Å². The Kier molecular flexibility index (Phi) is 5.53. The molecule has 1 N–H and O–H groups in total. The van der Waals surface area contributed by atoms with Gasteiger partial charge in [-0.1, -0.05) is 25.7 Å². The van der Waals surface area contributed by atoms with E-state index in [9.17, 15) is 4.79 Å². The fourth-order valence-electron chi connectivity index (χ4n) is 3.96. The molecule has 1 atom stereocenters. The maximum atomic E-state index is 12.7. The number of amides is 2. The van der Waals surface area contributed by atoms with Crippen molar-refractivity contribution >= 4 is 17.4 Å². The van der Waals surface area contributed by atoms with E-state index in [0.29, 0.717) is 24.4 Å². The Balaban J connectivity index is 1.37. The number of carbonyl (C=O) groups excluding carboxylic acids is 1. The number of carbonyl (C=O) groups is 1. The van der Waals surface area contributed by atoms with Gasteiger partial charge in [-0.2, -0.15) is 11.3 Å². The normalized spacial score (nSPS) is 22.2. The fraction of sp³-hybridized carbons (Fsp3) is 0.632. The van der Waals surface area contributed by atoms with E-state index in [1.54, 1.807) is 11.3 Å². The van der Waals surface area contributed by atoms with Gasteiger partial charge in [0.05, 0.1) is 5.92 Å². The molecule has 2 aromatic rings. The van der Waals surface area contributed by atoms with Crippen LogP contribution in [0.15, 0.2) is 21.2 Å². The highest BCUT2D eigenvalue weighted by atomic mass is 32.1. The van der Waals surface area contributed by atoms with Gasteiger partial charge in [-0.15, -0.1) is 10.2 Å². The quantitative estimate of drug-likeness (QED) is 0.808. The zero-order valence-electron chi connectivity index (χ0n) is 15.0. The van der Waals surface area contributed by atoms with Crippen molar-refractivity contribution in [2.75, 3.05) is 13.1 Å². The van der Waals surface area contributed by atoms with Gasteiger partial charge in [0.15, 0.2) is 0 Å². The van der Waals surface area contributed by atoms with Crippen molar-refractivity contribution in [1.29, 1.82) is 0 Å². The lowest BCUT2D eigenvalue weighted by Crippen LogP contribution is -2.48. The van der Waals surface area contributed by atoms with E-state index in [0.717, 1.165) is 37.8 Å². The largest absolute Gasteiger partial charge is 0.420 e. The molecule has 4 rings (SSSR count). The average Bonchev–Trinajstić information content (AvgIpc) is 3.30. The molecule has 1 aliphatic heterocycles. The first kappa shape index (κ1) is 17.5. The zero-order chi connectivity index (χ0) is 17.8. The number of hydrogen-bond donors (Lipinski definition) is 1. The SMILES string of the molecule is O=C(NC1CCCCCC1)N1CCCC(c2nnc(-c3ccsc3)o2)C1. The molecule has 7 heteroatoms. The van der Waals surface area contributed by atoms with Crippen molar-refractivity contribution in [1.82, 2.24) is 20.4 Å². The van der Waals surface area contributed by atoms with Crippen LogP contribution in [0.5, 0.6) is 0 Å². The van der Waals surface area contributed by atoms with E-state index in [2.05, 4.69) is 15.5 Å². The van der Waals surface area contributed by atoms with Gasteiger partial charge < -0.3 is 14.6 Å². The summed E-state index contributed by atoms with van der Waals surface area (Å²) in [6.45, 7) is 1.46. The summed E-state index contributed by atoms with van der Waals surface area (Å²) in [5.41, 5.74) is 0.965. The summed E-state index contributed by atoms with van der Waals surface area (Å²) in [7, 11) is 0. The Morgan fingerprint density at radius 1 is 1.15 bits per heavy atom. The van der Waals surface area contributed by atoms with Crippen molar-refractivity contribution in [2.24, 2.45) is 0 Å². The van der Waals surface area contributed by atoms with Crippen LogP contribution in [0.2, 0.25) is 0 Å². The van der Waals surface area contributed by atoms with E-state index in [1.807, 2.05) is 21.7 Å². The Bertz CT molecular complexity index is 707. The minimum Gasteiger partial charge on any atom is -0.420 e. The van der Waals surface area contributed by atoms with E-state index in [1.165, 1.54) is 25.7 Å². The number of hydrogen-bond acceptors (Lipinski definition) is 5. The molecule has 3 heterocycles.